The highest BCUT2D eigenvalue weighted by Crippen LogP contribution is 2.29. The second-order valence-electron chi connectivity index (χ2n) is 5.35. The highest BCUT2D eigenvalue weighted by Gasteiger charge is 2.30. The third-order valence-electron chi connectivity index (χ3n) is 3.07. The van der Waals surface area contributed by atoms with Crippen molar-refractivity contribution in [2.45, 2.75) is 19.5 Å². The van der Waals surface area contributed by atoms with Gasteiger partial charge in [-0.1, -0.05) is 42.0 Å². The van der Waals surface area contributed by atoms with Gasteiger partial charge in [-0.05, 0) is 36.3 Å². The molecule has 0 spiro atoms. The van der Waals surface area contributed by atoms with Crippen molar-refractivity contribution in [3.8, 4) is 0 Å². The van der Waals surface area contributed by atoms with Gasteiger partial charge in [-0.2, -0.15) is 13.2 Å². The van der Waals surface area contributed by atoms with Crippen LogP contribution in [-0.4, -0.2) is 22.2 Å². The van der Waals surface area contributed by atoms with Crippen LogP contribution in [0.1, 0.15) is 22.3 Å². The standard InChI is InChI=1S/C10H7F3O2.C9H10O2/c11-10(12,13)8-3-1-2-7(6-8)4-5-9(14)15;1-7-3-2-4-8(5-7)6-9(10)11/h1-6H,(H,14,15);2-5H,6H2,1H3,(H,10,11). The van der Waals surface area contributed by atoms with Crippen LogP contribution < -0.4 is 0 Å². The Morgan fingerprint density at radius 2 is 1.69 bits per heavy atom. The maximum absolute atomic E-state index is 12.2. The first-order valence-corrected chi connectivity index (χ1v) is 7.43. The van der Waals surface area contributed by atoms with E-state index in [0.29, 0.717) is 0 Å². The van der Waals surface area contributed by atoms with Crippen LogP contribution in [0.5, 0.6) is 0 Å². The van der Waals surface area contributed by atoms with Gasteiger partial charge in [-0.25, -0.2) is 4.79 Å². The Morgan fingerprint density at radius 3 is 2.23 bits per heavy atom. The van der Waals surface area contributed by atoms with Crippen molar-refractivity contribution in [3.05, 3.63) is 76.9 Å². The van der Waals surface area contributed by atoms with Crippen molar-refractivity contribution in [2.24, 2.45) is 0 Å². The topological polar surface area (TPSA) is 74.6 Å². The number of carboxylic acid groups (broad SMARTS) is 2. The van der Waals surface area contributed by atoms with Crippen LogP contribution in [0.3, 0.4) is 0 Å². The Morgan fingerprint density at radius 1 is 1.04 bits per heavy atom. The summed E-state index contributed by atoms with van der Waals surface area (Å²) >= 11 is 0. The molecule has 2 N–H and O–H groups in total. The molecule has 4 nitrogen and oxygen atoms in total. The first-order chi connectivity index (χ1) is 12.1. The van der Waals surface area contributed by atoms with E-state index in [0.717, 1.165) is 35.4 Å². The Labute approximate surface area is 148 Å². The number of halogens is 3. The molecule has 0 amide bonds. The molecule has 7 heteroatoms. The number of benzene rings is 2. The zero-order valence-electron chi connectivity index (χ0n) is 13.8. The summed E-state index contributed by atoms with van der Waals surface area (Å²) in [6.45, 7) is 1.95. The molecule has 0 aromatic heterocycles. The lowest BCUT2D eigenvalue weighted by atomic mass is 10.1. The molecule has 0 bridgehead atoms. The lowest BCUT2D eigenvalue weighted by molar-refractivity contribution is -0.138. The lowest BCUT2D eigenvalue weighted by Gasteiger charge is -2.06. The van der Waals surface area contributed by atoms with E-state index in [2.05, 4.69) is 0 Å². The van der Waals surface area contributed by atoms with Crippen molar-refractivity contribution in [1.82, 2.24) is 0 Å². The summed E-state index contributed by atoms with van der Waals surface area (Å²) in [7, 11) is 0. The fourth-order valence-corrected chi connectivity index (χ4v) is 1.98. The molecule has 2 rings (SSSR count). The van der Waals surface area contributed by atoms with Gasteiger partial charge in [0.15, 0.2) is 0 Å². The molecule has 0 saturated heterocycles. The highest BCUT2D eigenvalue weighted by atomic mass is 19.4. The molecular weight excluding hydrogens is 349 g/mol. The molecule has 26 heavy (non-hydrogen) atoms. The lowest BCUT2D eigenvalue weighted by Crippen LogP contribution is -2.04. The van der Waals surface area contributed by atoms with Crippen LogP contribution in [0.15, 0.2) is 54.6 Å². The molecule has 0 aliphatic rings. The maximum Gasteiger partial charge on any atom is 0.416 e. The molecule has 2 aromatic carbocycles. The number of aryl methyl sites for hydroxylation is 1. The van der Waals surface area contributed by atoms with Crippen LogP contribution in [0.4, 0.5) is 13.2 Å². The summed E-state index contributed by atoms with van der Waals surface area (Å²) in [6.07, 6.45) is -2.40. The van der Waals surface area contributed by atoms with Gasteiger partial charge in [0.2, 0.25) is 0 Å². The number of alkyl halides is 3. The molecule has 0 heterocycles. The van der Waals surface area contributed by atoms with Gasteiger partial charge < -0.3 is 10.2 Å². The monoisotopic (exact) mass is 366 g/mol. The molecule has 0 aliphatic heterocycles. The summed E-state index contributed by atoms with van der Waals surface area (Å²) in [5, 5.41) is 16.8. The number of rotatable bonds is 4. The number of hydrogen-bond donors (Lipinski definition) is 2. The minimum atomic E-state index is -4.41. The first kappa shape index (κ1) is 21.0. The van der Waals surface area contributed by atoms with Gasteiger partial charge in [0.25, 0.3) is 0 Å². The average molecular weight is 366 g/mol. The summed E-state index contributed by atoms with van der Waals surface area (Å²) < 4.78 is 36.7. The zero-order chi connectivity index (χ0) is 19.7. The smallest absolute Gasteiger partial charge is 0.416 e. The highest BCUT2D eigenvalue weighted by molar-refractivity contribution is 5.85. The van der Waals surface area contributed by atoms with E-state index in [4.69, 9.17) is 10.2 Å². The van der Waals surface area contributed by atoms with Crippen molar-refractivity contribution in [1.29, 1.82) is 0 Å². The SMILES string of the molecule is Cc1cccc(CC(=O)O)c1.O=C(O)C=Cc1cccc(C(F)(F)F)c1. The average Bonchev–Trinajstić information content (AvgIpc) is 2.52. The fourth-order valence-electron chi connectivity index (χ4n) is 1.98. The van der Waals surface area contributed by atoms with Crippen molar-refractivity contribution < 1.29 is 33.0 Å². The van der Waals surface area contributed by atoms with Gasteiger partial charge in [0, 0.05) is 6.08 Å². The van der Waals surface area contributed by atoms with Crippen LogP contribution in [-0.2, 0) is 22.2 Å². The predicted molar refractivity (Wildman–Crippen MR) is 90.6 cm³/mol. The molecular formula is C19H17F3O4. The van der Waals surface area contributed by atoms with Gasteiger partial charge in [-0.15, -0.1) is 0 Å². The van der Waals surface area contributed by atoms with E-state index in [1.807, 2.05) is 31.2 Å². The van der Waals surface area contributed by atoms with E-state index < -0.39 is 23.7 Å². The Balaban J connectivity index is 0.000000273. The van der Waals surface area contributed by atoms with Gasteiger partial charge in [0.05, 0.1) is 12.0 Å². The molecule has 0 aliphatic carbocycles. The van der Waals surface area contributed by atoms with E-state index in [1.54, 1.807) is 0 Å². The summed E-state index contributed by atoms with van der Waals surface area (Å²) in [6, 6.07) is 12.0. The summed E-state index contributed by atoms with van der Waals surface area (Å²) in [4.78, 5) is 20.4. The molecule has 0 unspecified atom stereocenters. The van der Waals surface area contributed by atoms with Crippen molar-refractivity contribution in [3.63, 3.8) is 0 Å². The van der Waals surface area contributed by atoms with E-state index in [1.165, 1.54) is 12.1 Å². The predicted octanol–water partition coefficient (Wildman–Crippen LogP) is 4.43. The first-order valence-electron chi connectivity index (χ1n) is 7.43. The van der Waals surface area contributed by atoms with E-state index in [9.17, 15) is 22.8 Å². The zero-order valence-corrected chi connectivity index (χ0v) is 13.8. The van der Waals surface area contributed by atoms with Crippen LogP contribution in [0.25, 0.3) is 6.08 Å². The van der Waals surface area contributed by atoms with E-state index in [-0.39, 0.29) is 12.0 Å². The minimum absolute atomic E-state index is 0.113. The number of carbonyl (C=O) groups is 2. The van der Waals surface area contributed by atoms with Gasteiger partial charge >= 0.3 is 18.1 Å². The Kier molecular flexibility index (Phi) is 7.58. The van der Waals surface area contributed by atoms with Gasteiger partial charge in [0.1, 0.15) is 0 Å². The second-order valence-corrected chi connectivity index (χ2v) is 5.35. The molecule has 0 fully saturated rings. The maximum atomic E-state index is 12.2. The van der Waals surface area contributed by atoms with Crippen molar-refractivity contribution >= 4 is 18.0 Å². The molecule has 2 aromatic rings. The van der Waals surface area contributed by atoms with Crippen LogP contribution in [0.2, 0.25) is 0 Å². The normalized spacial score (nSPS) is 10.9. The third-order valence-corrected chi connectivity index (χ3v) is 3.07. The quantitative estimate of drug-likeness (QED) is 0.786. The second kappa shape index (κ2) is 9.41. The minimum Gasteiger partial charge on any atom is -0.481 e. The molecule has 0 radical (unpaired) electrons. The molecule has 138 valence electrons. The summed E-state index contributed by atoms with van der Waals surface area (Å²) in [5.41, 5.74) is 1.36. The molecule has 0 atom stereocenters. The largest absolute Gasteiger partial charge is 0.481 e. The van der Waals surface area contributed by atoms with Crippen LogP contribution >= 0.6 is 0 Å². The number of aliphatic carboxylic acids is 2. The number of carboxylic acids is 2. The fraction of sp³-hybridized carbons (Fsp3) is 0.158. The third kappa shape index (κ3) is 8.14. The Hall–Kier alpha value is -3.09. The van der Waals surface area contributed by atoms with Gasteiger partial charge in [-0.3, -0.25) is 4.79 Å². The number of hydrogen-bond acceptors (Lipinski definition) is 2. The van der Waals surface area contributed by atoms with Crippen molar-refractivity contribution in [2.75, 3.05) is 0 Å². The summed E-state index contributed by atoms with van der Waals surface area (Å²) in [5.74, 6) is -1.98. The van der Waals surface area contributed by atoms with Crippen LogP contribution in [0, 0.1) is 6.92 Å². The Bertz CT molecular complexity index is 795. The van der Waals surface area contributed by atoms with E-state index >= 15 is 0 Å². The molecule has 0 saturated carbocycles.